The lowest BCUT2D eigenvalue weighted by molar-refractivity contribution is -0.191. The summed E-state index contributed by atoms with van der Waals surface area (Å²) in [4.78, 5) is 2.48. The zero-order chi connectivity index (χ0) is 11.6. The summed E-state index contributed by atoms with van der Waals surface area (Å²) in [5.74, 6) is 0. The minimum Gasteiger partial charge on any atom is -0.390 e. The van der Waals surface area contributed by atoms with Crippen molar-refractivity contribution in [3.8, 4) is 0 Å². The highest BCUT2D eigenvalue weighted by Crippen LogP contribution is 2.25. The van der Waals surface area contributed by atoms with Gasteiger partial charge in [0.25, 0.3) is 0 Å². The molecule has 0 unspecified atom stereocenters. The van der Waals surface area contributed by atoms with Crippen molar-refractivity contribution in [1.82, 2.24) is 0 Å². The molecule has 0 saturated heterocycles. The molecule has 8 nitrogen and oxygen atoms in total. The number of hydrogen-bond donors (Lipinski definition) is 4. The zero-order valence-electron chi connectivity index (χ0n) is 8.00. The number of hydrogen-bond acceptors (Lipinski definition) is 6. The van der Waals surface area contributed by atoms with Crippen LogP contribution in [0.15, 0.2) is 5.11 Å². The van der Waals surface area contributed by atoms with Gasteiger partial charge < -0.3 is 25.2 Å². The lowest BCUT2D eigenvalue weighted by atomic mass is 9.83. The van der Waals surface area contributed by atoms with Crippen LogP contribution in [0, 0.1) is 0 Å². The van der Waals surface area contributed by atoms with Gasteiger partial charge in [-0.05, 0) is 5.53 Å². The van der Waals surface area contributed by atoms with Crippen LogP contribution in [0.2, 0.25) is 0 Å². The van der Waals surface area contributed by atoms with E-state index in [0.717, 1.165) is 0 Å². The van der Waals surface area contributed by atoms with Crippen LogP contribution in [0.3, 0.4) is 0 Å². The number of nitrogens with zero attached hydrogens (tertiary/aromatic N) is 3. The van der Waals surface area contributed by atoms with Crippen LogP contribution >= 0.6 is 0 Å². The molecule has 6 atom stereocenters. The smallest absolute Gasteiger partial charge is 0.111 e. The Labute approximate surface area is 85.3 Å². The Bertz CT molecular complexity index is 269. The molecule has 1 fully saturated rings. The largest absolute Gasteiger partial charge is 0.390 e. The van der Waals surface area contributed by atoms with Gasteiger partial charge in [0.2, 0.25) is 0 Å². The van der Waals surface area contributed by atoms with Crippen molar-refractivity contribution < 1.29 is 25.2 Å². The van der Waals surface area contributed by atoms with E-state index in [0.29, 0.717) is 0 Å². The highest BCUT2D eigenvalue weighted by atomic mass is 16.5. The molecule has 15 heavy (non-hydrogen) atoms. The molecule has 1 rings (SSSR count). The van der Waals surface area contributed by atoms with Crippen molar-refractivity contribution in [2.24, 2.45) is 5.11 Å². The van der Waals surface area contributed by atoms with E-state index >= 15 is 0 Å². The normalized spacial score (nSPS) is 45.9. The second-order valence-electron chi connectivity index (χ2n) is 3.36. The van der Waals surface area contributed by atoms with Crippen molar-refractivity contribution in [3.05, 3.63) is 10.4 Å². The zero-order valence-corrected chi connectivity index (χ0v) is 8.00. The van der Waals surface area contributed by atoms with E-state index in [2.05, 4.69) is 10.0 Å². The van der Waals surface area contributed by atoms with Crippen LogP contribution in [0.25, 0.3) is 10.4 Å². The van der Waals surface area contributed by atoms with Crippen molar-refractivity contribution >= 4 is 0 Å². The Morgan fingerprint density at radius 3 is 2.07 bits per heavy atom. The minimum absolute atomic E-state index is 1.05. The molecule has 0 aromatic heterocycles. The molecule has 0 bridgehead atoms. The van der Waals surface area contributed by atoms with Crippen LogP contribution in [0.5, 0.6) is 0 Å². The molecule has 0 spiro atoms. The Kier molecular flexibility index (Phi) is 3.86. The fraction of sp³-hybridized carbons (Fsp3) is 1.00. The van der Waals surface area contributed by atoms with Gasteiger partial charge in [-0.25, -0.2) is 0 Å². The van der Waals surface area contributed by atoms with E-state index in [1.807, 2.05) is 0 Å². The first-order valence-corrected chi connectivity index (χ1v) is 4.33. The maximum Gasteiger partial charge on any atom is 0.111 e. The van der Waals surface area contributed by atoms with Gasteiger partial charge in [-0.3, -0.25) is 0 Å². The predicted molar refractivity (Wildman–Crippen MR) is 47.8 cm³/mol. The highest BCUT2D eigenvalue weighted by Gasteiger charge is 2.48. The SMILES string of the molecule is CO[C@@H]1[C@H](O)[C@@H](O)[C@@H](O)[C@H](O)[C@@H]1N=[N+]=[N-]. The van der Waals surface area contributed by atoms with Crippen LogP contribution in [-0.2, 0) is 4.74 Å². The van der Waals surface area contributed by atoms with Gasteiger partial charge in [-0.15, -0.1) is 0 Å². The number of aliphatic hydroxyl groups is 4. The van der Waals surface area contributed by atoms with E-state index in [1.165, 1.54) is 7.11 Å². The van der Waals surface area contributed by atoms with Crippen LogP contribution in [-0.4, -0.2) is 64.1 Å². The minimum atomic E-state index is -1.57. The fourth-order valence-electron chi connectivity index (χ4n) is 1.67. The molecule has 4 N–H and O–H groups in total. The lowest BCUT2D eigenvalue weighted by Gasteiger charge is -2.41. The van der Waals surface area contributed by atoms with E-state index in [-0.39, 0.29) is 0 Å². The van der Waals surface area contributed by atoms with E-state index in [1.54, 1.807) is 0 Å². The molecule has 1 saturated carbocycles. The second kappa shape index (κ2) is 4.75. The summed E-state index contributed by atoms with van der Waals surface area (Å²) < 4.78 is 4.81. The first-order chi connectivity index (χ1) is 7.04. The molecule has 1 aliphatic carbocycles. The number of aliphatic hydroxyl groups excluding tert-OH is 4. The number of methoxy groups -OCH3 is 1. The molecule has 0 aliphatic heterocycles. The first-order valence-electron chi connectivity index (χ1n) is 4.33. The predicted octanol–water partition coefficient (Wildman–Crippen LogP) is -1.86. The van der Waals surface area contributed by atoms with Gasteiger partial charge >= 0.3 is 0 Å². The third-order valence-electron chi connectivity index (χ3n) is 2.53. The van der Waals surface area contributed by atoms with E-state index < -0.39 is 36.6 Å². The standard InChI is InChI=1S/C7H13N3O5/c1-15-7-2(9-10-8)3(11)4(12)5(13)6(7)14/h2-7,11-14H,1H3/t2-,3+,4-,5-,6+,7-/m0/s1. The maximum absolute atomic E-state index is 9.49. The topological polar surface area (TPSA) is 139 Å². The van der Waals surface area contributed by atoms with Crippen molar-refractivity contribution in [3.63, 3.8) is 0 Å². The molecule has 8 heteroatoms. The Morgan fingerprint density at radius 1 is 1.07 bits per heavy atom. The van der Waals surface area contributed by atoms with Crippen LogP contribution in [0.1, 0.15) is 0 Å². The van der Waals surface area contributed by atoms with E-state index in [9.17, 15) is 20.4 Å². The molecule has 0 heterocycles. The third-order valence-corrected chi connectivity index (χ3v) is 2.53. The quantitative estimate of drug-likeness (QED) is 0.245. The van der Waals surface area contributed by atoms with Crippen LogP contribution < -0.4 is 0 Å². The molecule has 86 valence electrons. The molecule has 1 aliphatic rings. The van der Waals surface area contributed by atoms with Gasteiger partial charge in [0, 0.05) is 12.0 Å². The van der Waals surface area contributed by atoms with Gasteiger partial charge in [0.15, 0.2) is 0 Å². The Balaban J connectivity index is 2.96. The lowest BCUT2D eigenvalue weighted by Crippen LogP contribution is -2.63. The average molecular weight is 219 g/mol. The molecule has 0 amide bonds. The molecule has 0 radical (unpaired) electrons. The average Bonchev–Trinajstić information content (AvgIpc) is 2.24. The first kappa shape index (κ1) is 12.2. The highest BCUT2D eigenvalue weighted by molar-refractivity contribution is 5.02. The van der Waals surface area contributed by atoms with Crippen molar-refractivity contribution in [2.45, 2.75) is 36.6 Å². The Hall–Kier alpha value is -0.890. The van der Waals surface area contributed by atoms with Gasteiger partial charge in [0.1, 0.15) is 18.3 Å². The molecular weight excluding hydrogens is 206 g/mol. The summed E-state index contributed by atoms with van der Waals surface area (Å²) in [5, 5.41) is 40.9. The van der Waals surface area contributed by atoms with Gasteiger partial charge in [-0.2, -0.15) is 0 Å². The number of rotatable bonds is 2. The second-order valence-corrected chi connectivity index (χ2v) is 3.36. The van der Waals surface area contributed by atoms with Crippen LogP contribution in [0.4, 0.5) is 0 Å². The van der Waals surface area contributed by atoms with Gasteiger partial charge in [-0.1, -0.05) is 5.11 Å². The summed E-state index contributed by atoms with van der Waals surface area (Å²) in [6, 6.07) is -1.13. The number of ether oxygens (including phenoxy) is 1. The fourth-order valence-corrected chi connectivity index (χ4v) is 1.67. The van der Waals surface area contributed by atoms with Crippen molar-refractivity contribution in [1.29, 1.82) is 0 Å². The summed E-state index contributed by atoms with van der Waals surface area (Å²) in [6.07, 6.45) is -7.03. The Morgan fingerprint density at radius 2 is 1.60 bits per heavy atom. The summed E-state index contributed by atoms with van der Waals surface area (Å²) in [7, 11) is 1.24. The van der Waals surface area contributed by atoms with Gasteiger partial charge in [0.05, 0.1) is 18.2 Å². The summed E-state index contributed by atoms with van der Waals surface area (Å²) in [5.41, 5.74) is 8.25. The van der Waals surface area contributed by atoms with E-state index in [4.69, 9.17) is 10.3 Å². The summed E-state index contributed by atoms with van der Waals surface area (Å²) in [6.45, 7) is 0. The summed E-state index contributed by atoms with van der Waals surface area (Å²) >= 11 is 0. The monoisotopic (exact) mass is 219 g/mol. The maximum atomic E-state index is 9.49. The molecular formula is C7H13N3O5. The molecule has 0 aromatic carbocycles. The molecule has 0 aromatic rings. The number of azide groups is 1. The van der Waals surface area contributed by atoms with Crippen molar-refractivity contribution in [2.75, 3.05) is 7.11 Å². The third kappa shape index (κ3) is 2.05.